The lowest BCUT2D eigenvalue weighted by Gasteiger charge is -2.19. The molecule has 6 heteroatoms. The van der Waals surface area contributed by atoms with Crippen molar-refractivity contribution in [1.82, 2.24) is 24.6 Å². The zero-order valence-corrected chi connectivity index (χ0v) is 14.9. The Balaban J connectivity index is 1.56. The molecule has 1 aliphatic heterocycles. The van der Waals surface area contributed by atoms with Crippen molar-refractivity contribution in [2.24, 2.45) is 0 Å². The third-order valence-corrected chi connectivity index (χ3v) is 5.10. The van der Waals surface area contributed by atoms with Crippen molar-refractivity contribution in [2.45, 2.75) is 39.8 Å². The van der Waals surface area contributed by atoms with E-state index in [0.717, 1.165) is 48.9 Å². The normalized spacial score (nSPS) is 18.1. The first-order chi connectivity index (χ1) is 12.1. The quantitative estimate of drug-likeness (QED) is 0.731. The third kappa shape index (κ3) is 2.98. The van der Waals surface area contributed by atoms with Crippen LogP contribution < -0.4 is 0 Å². The number of rotatable bonds is 4. The molecule has 0 bridgehead atoms. The number of imidazole rings is 1. The molecule has 0 radical (unpaired) electrons. The molecule has 3 aromatic heterocycles. The van der Waals surface area contributed by atoms with Crippen molar-refractivity contribution in [3.05, 3.63) is 53.4 Å². The number of pyridine rings is 1. The number of hydrogen-bond donors (Lipinski definition) is 0. The van der Waals surface area contributed by atoms with E-state index in [1.807, 2.05) is 44.6 Å². The molecule has 130 valence electrons. The molecule has 0 saturated carbocycles. The van der Waals surface area contributed by atoms with E-state index in [1.165, 1.54) is 11.3 Å². The van der Waals surface area contributed by atoms with Crippen molar-refractivity contribution in [2.75, 3.05) is 13.1 Å². The molecule has 0 aromatic carbocycles. The first-order valence-corrected chi connectivity index (χ1v) is 8.72. The summed E-state index contributed by atoms with van der Waals surface area (Å²) >= 11 is 0. The highest BCUT2D eigenvalue weighted by Gasteiger charge is 2.28. The Bertz CT molecular complexity index is 848. The lowest BCUT2D eigenvalue weighted by atomic mass is 10.2. The summed E-state index contributed by atoms with van der Waals surface area (Å²) in [5.74, 6) is 1.96. The predicted molar refractivity (Wildman–Crippen MR) is 95.1 cm³/mol. The minimum absolute atomic E-state index is 0.436. The topological polar surface area (TPSA) is 60.0 Å². The Morgan fingerprint density at radius 3 is 2.72 bits per heavy atom. The number of nitrogens with zero attached hydrogens (tertiary/aromatic N) is 5. The molecule has 0 spiro atoms. The monoisotopic (exact) mass is 337 g/mol. The standard InChI is InChI=1S/C19H23N5O/c1-13-10-21-19(16-4-7-20-8-5-16)24(13)17-6-9-23(11-17)12-18-14(2)22-25-15(18)3/h4-5,7-8,10,17H,6,9,11-12H2,1-3H3. The maximum atomic E-state index is 5.30. The van der Waals surface area contributed by atoms with Gasteiger partial charge in [-0.3, -0.25) is 9.88 Å². The van der Waals surface area contributed by atoms with Gasteiger partial charge in [0.05, 0.1) is 5.69 Å². The van der Waals surface area contributed by atoms with Gasteiger partial charge in [0.15, 0.2) is 0 Å². The van der Waals surface area contributed by atoms with Gasteiger partial charge in [-0.05, 0) is 39.3 Å². The van der Waals surface area contributed by atoms with Gasteiger partial charge in [-0.2, -0.15) is 0 Å². The fourth-order valence-electron chi connectivity index (χ4n) is 3.74. The molecular weight excluding hydrogens is 314 g/mol. The summed E-state index contributed by atoms with van der Waals surface area (Å²) in [6.07, 6.45) is 6.73. The van der Waals surface area contributed by atoms with Crippen LogP contribution in [0.1, 0.15) is 35.2 Å². The molecule has 6 nitrogen and oxygen atoms in total. The van der Waals surface area contributed by atoms with Crippen molar-refractivity contribution < 1.29 is 4.52 Å². The second-order valence-corrected chi connectivity index (χ2v) is 6.81. The smallest absolute Gasteiger partial charge is 0.140 e. The van der Waals surface area contributed by atoms with E-state index in [0.29, 0.717) is 6.04 Å². The summed E-state index contributed by atoms with van der Waals surface area (Å²) in [6, 6.07) is 4.48. The van der Waals surface area contributed by atoms with E-state index in [1.54, 1.807) is 0 Å². The number of likely N-dealkylation sites (tertiary alicyclic amines) is 1. The van der Waals surface area contributed by atoms with E-state index >= 15 is 0 Å². The van der Waals surface area contributed by atoms with Crippen molar-refractivity contribution in [3.8, 4) is 11.4 Å². The summed E-state index contributed by atoms with van der Waals surface area (Å²) in [4.78, 5) is 11.2. The summed E-state index contributed by atoms with van der Waals surface area (Å²) in [6.45, 7) is 9.12. The zero-order chi connectivity index (χ0) is 17.4. The SMILES string of the molecule is Cc1noc(C)c1CN1CCC(n2c(C)cnc2-c2ccncc2)C1. The lowest BCUT2D eigenvalue weighted by molar-refractivity contribution is 0.312. The van der Waals surface area contributed by atoms with Crippen LogP contribution in [0.2, 0.25) is 0 Å². The maximum Gasteiger partial charge on any atom is 0.140 e. The Morgan fingerprint density at radius 1 is 1.20 bits per heavy atom. The van der Waals surface area contributed by atoms with Crippen LogP contribution in [0.5, 0.6) is 0 Å². The predicted octanol–water partition coefficient (Wildman–Crippen LogP) is 3.31. The molecule has 0 aliphatic carbocycles. The molecule has 4 heterocycles. The lowest BCUT2D eigenvalue weighted by Crippen LogP contribution is -2.22. The Labute approximate surface area is 147 Å². The first kappa shape index (κ1) is 16.0. The van der Waals surface area contributed by atoms with Gasteiger partial charge in [0.25, 0.3) is 0 Å². The molecule has 1 unspecified atom stereocenters. The van der Waals surface area contributed by atoms with Gasteiger partial charge >= 0.3 is 0 Å². The summed E-state index contributed by atoms with van der Waals surface area (Å²) in [5, 5.41) is 4.07. The fourth-order valence-corrected chi connectivity index (χ4v) is 3.74. The number of aryl methyl sites for hydroxylation is 3. The van der Waals surface area contributed by atoms with Crippen LogP contribution in [-0.2, 0) is 6.54 Å². The van der Waals surface area contributed by atoms with Crippen LogP contribution in [-0.4, -0.2) is 37.7 Å². The van der Waals surface area contributed by atoms with Gasteiger partial charge in [-0.25, -0.2) is 4.98 Å². The first-order valence-electron chi connectivity index (χ1n) is 8.72. The van der Waals surface area contributed by atoms with Crippen LogP contribution in [0.4, 0.5) is 0 Å². The van der Waals surface area contributed by atoms with E-state index < -0.39 is 0 Å². The molecular formula is C19H23N5O. The summed E-state index contributed by atoms with van der Waals surface area (Å²) in [5.41, 5.74) is 4.54. The largest absolute Gasteiger partial charge is 0.361 e. The average molecular weight is 337 g/mol. The fraction of sp³-hybridized carbons (Fsp3) is 0.421. The van der Waals surface area contributed by atoms with Gasteiger partial charge in [0.1, 0.15) is 11.6 Å². The number of aromatic nitrogens is 4. The van der Waals surface area contributed by atoms with E-state index in [4.69, 9.17) is 4.52 Å². The van der Waals surface area contributed by atoms with Crippen LogP contribution in [0.15, 0.2) is 35.2 Å². The molecule has 0 amide bonds. The molecule has 1 saturated heterocycles. The van der Waals surface area contributed by atoms with Gasteiger partial charge in [0, 0.05) is 61.1 Å². The summed E-state index contributed by atoms with van der Waals surface area (Å²) < 4.78 is 7.68. The van der Waals surface area contributed by atoms with Crippen molar-refractivity contribution in [3.63, 3.8) is 0 Å². The highest BCUT2D eigenvalue weighted by Crippen LogP contribution is 2.30. The van der Waals surface area contributed by atoms with E-state index in [-0.39, 0.29) is 0 Å². The number of hydrogen-bond acceptors (Lipinski definition) is 5. The summed E-state index contributed by atoms with van der Waals surface area (Å²) in [7, 11) is 0. The highest BCUT2D eigenvalue weighted by atomic mass is 16.5. The van der Waals surface area contributed by atoms with E-state index in [2.05, 4.69) is 31.5 Å². The van der Waals surface area contributed by atoms with Crippen molar-refractivity contribution in [1.29, 1.82) is 0 Å². The van der Waals surface area contributed by atoms with Gasteiger partial charge in [-0.1, -0.05) is 5.16 Å². The van der Waals surface area contributed by atoms with E-state index in [9.17, 15) is 0 Å². The van der Waals surface area contributed by atoms with Crippen LogP contribution in [0.25, 0.3) is 11.4 Å². The average Bonchev–Trinajstić information content (AvgIpc) is 3.31. The molecule has 0 N–H and O–H groups in total. The molecule has 1 atom stereocenters. The molecule has 1 aliphatic rings. The molecule has 3 aromatic rings. The second-order valence-electron chi connectivity index (χ2n) is 6.81. The van der Waals surface area contributed by atoms with Crippen LogP contribution >= 0.6 is 0 Å². The second kappa shape index (κ2) is 6.44. The highest BCUT2D eigenvalue weighted by molar-refractivity contribution is 5.55. The Kier molecular flexibility index (Phi) is 4.13. The minimum atomic E-state index is 0.436. The third-order valence-electron chi connectivity index (χ3n) is 5.10. The van der Waals surface area contributed by atoms with Crippen LogP contribution in [0.3, 0.4) is 0 Å². The van der Waals surface area contributed by atoms with Crippen LogP contribution in [0, 0.1) is 20.8 Å². The van der Waals surface area contributed by atoms with Crippen molar-refractivity contribution >= 4 is 0 Å². The zero-order valence-electron chi connectivity index (χ0n) is 14.9. The maximum absolute atomic E-state index is 5.30. The van der Waals surface area contributed by atoms with Gasteiger partial charge in [-0.15, -0.1) is 0 Å². The Morgan fingerprint density at radius 2 is 2.00 bits per heavy atom. The molecule has 25 heavy (non-hydrogen) atoms. The molecule has 1 fully saturated rings. The Hall–Kier alpha value is -2.47. The van der Waals surface area contributed by atoms with Gasteiger partial charge in [0.2, 0.25) is 0 Å². The minimum Gasteiger partial charge on any atom is -0.361 e. The molecule has 4 rings (SSSR count). The van der Waals surface area contributed by atoms with Gasteiger partial charge < -0.3 is 9.09 Å².